The Hall–Kier alpha value is -1.51. The van der Waals surface area contributed by atoms with Gasteiger partial charge in [-0.1, -0.05) is 26.7 Å². The van der Waals surface area contributed by atoms with Crippen molar-refractivity contribution in [3.05, 3.63) is 23.3 Å². The SMILES string of the molecule is CCCCOc1ccc2c(c1OCCCC)CCCC2=O. The van der Waals surface area contributed by atoms with Crippen molar-refractivity contribution in [1.29, 1.82) is 0 Å². The number of ketones is 1. The first-order valence-electron chi connectivity index (χ1n) is 8.22. The van der Waals surface area contributed by atoms with Crippen molar-refractivity contribution >= 4 is 5.78 Å². The normalized spacial score (nSPS) is 13.9. The number of hydrogen-bond acceptors (Lipinski definition) is 3. The molecule has 0 bridgehead atoms. The van der Waals surface area contributed by atoms with Gasteiger partial charge in [0.15, 0.2) is 17.3 Å². The molecule has 3 heteroatoms. The zero-order valence-corrected chi connectivity index (χ0v) is 13.2. The van der Waals surface area contributed by atoms with E-state index >= 15 is 0 Å². The molecule has 0 spiro atoms. The van der Waals surface area contributed by atoms with Crippen LogP contribution in [0, 0.1) is 0 Å². The molecule has 116 valence electrons. The molecule has 1 aliphatic carbocycles. The number of rotatable bonds is 8. The van der Waals surface area contributed by atoms with Gasteiger partial charge in [0.1, 0.15) is 0 Å². The fourth-order valence-corrected chi connectivity index (χ4v) is 2.59. The second-order valence-electron chi connectivity index (χ2n) is 5.60. The monoisotopic (exact) mass is 290 g/mol. The third-order valence-corrected chi connectivity index (χ3v) is 3.86. The molecule has 3 nitrogen and oxygen atoms in total. The minimum Gasteiger partial charge on any atom is -0.490 e. The lowest BCUT2D eigenvalue weighted by Crippen LogP contribution is -2.14. The fraction of sp³-hybridized carbons (Fsp3) is 0.611. The van der Waals surface area contributed by atoms with Crippen molar-refractivity contribution in [2.75, 3.05) is 13.2 Å². The zero-order valence-electron chi connectivity index (χ0n) is 13.2. The molecular weight excluding hydrogens is 264 g/mol. The fourth-order valence-electron chi connectivity index (χ4n) is 2.59. The molecule has 0 unspecified atom stereocenters. The Morgan fingerprint density at radius 2 is 1.71 bits per heavy atom. The molecule has 1 aromatic carbocycles. The number of carbonyl (C=O) groups excluding carboxylic acids is 1. The van der Waals surface area contributed by atoms with E-state index in [1.54, 1.807) is 0 Å². The van der Waals surface area contributed by atoms with E-state index in [1.165, 1.54) is 0 Å². The van der Waals surface area contributed by atoms with E-state index in [4.69, 9.17) is 9.47 Å². The van der Waals surface area contributed by atoms with Crippen molar-refractivity contribution in [3.8, 4) is 11.5 Å². The van der Waals surface area contributed by atoms with Crippen LogP contribution in [0.1, 0.15) is 68.3 Å². The Kier molecular flexibility index (Phi) is 6.09. The van der Waals surface area contributed by atoms with Crippen LogP contribution in [-0.2, 0) is 6.42 Å². The number of hydrogen-bond donors (Lipinski definition) is 0. The summed E-state index contributed by atoms with van der Waals surface area (Å²) < 4.78 is 11.9. The molecule has 0 amide bonds. The third-order valence-electron chi connectivity index (χ3n) is 3.86. The van der Waals surface area contributed by atoms with Crippen molar-refractivity contribution in [1.82, 2.24) is 0 Å². The average molecular weight is 290 g/mol. The van der Waals surface area contributed by atoms with Crippen molar-refractivity contribution in [2.24, 2.45) is 0 Å². The van der Waals surface area contributed by atoms with E-state index in [0.717, 1.165) is 61.2 Å². The maximum Gasteiger partial charge on any atom is 0.165 e. The smallest absolute Gasteiger partial charge is 0.165 e. The summed E-state index contributed by atoms with van der Waals surface area (Å²) in [5.41, 5.74) is 1.88. The van der Waals surface area contributed by atoms with Gasteiger partial charge in [0.05, 0.1) is 13.2 Å². The van der Waals surface area contributed by atoms with E-state index in [9.17, 15) is 4.79 Å². The highest BCUT2D eigenvalue weighted by molar-refractivity contribution is 5.99. The van der Waals surface area contributed by atoms with Gasteiger partial charge in [0.2, 0.25) is 0 Å². The molecule has 0 N–H and O–H groups in total. The van der Waals surface area contributed by atoms with Crippen molar-refractivity contribution in [2.45, 2.75) is 58.8 Å². The first kappa shape index (κ1) is 15.9. The van der Waals surface area contributed by atoms with E-state index in [1.807, 2.05) is 12.1 Å². The highest BCUT2D eigenvalue weighted by Crippen LogP contribution is 2.38. The number of unbranched alkanes of at least 4 members (excludes halogenated alkanes) is 2. The van der Waals surface area contributed by atoms with Crippen molar-refractivity contribution < 1.29 is 14.3 Å². The van der Waals surface area contributed by atoms with E-state index in [2.05, 4.69) is 13.8 Å². The molecule has 1 aliphatic rings. The lowest BCUT2D eigenvalue weighted by Gasteiger charge is -2.21. The van der Waals surface area contributed by atoms with Crippen LogP contribution in [0.25, 0.3) is 0 Å². The molecule has 2 rings (SSSR count). The maximum absolute atomic E-state index is 12.0. The first-order valence-corrected chi connectivity index (χ1v) is 8.22. The largest absolute Gasteiger partial charge is 0.490 e. The van der Waals surface area contributed by atoms with Gasteiger partial charge in [-0.2, -0.15) is 0 Å². The van der Waals surface area contributed by atoms with Gasteiger partial charge < -0.3 is 9.47 Å². The Balaban J connectivity index is 2.24. The van der Waals surface area contributed by atoms with Crippen LogP contribution in [0.3, 0.4) is 0 Å². The highest BCUT2D eigenvalue weighted by Gasteiger charge is 2.23. The maximum atomic E-state index is 12.0. The van der Waals surface area contributed by atoms with Gasteiger partial charge in [-0.15, -0.1) is 0 Å². The van der Waals surface area contributed by atoms with Gasteiger partial charge >= 0.3 is 0 Å². The molecule has 0 aromatic heterocycles. The minimum absolute atomic E-state index is 0.233. The molecule has 0 heterocycles. The van der Waals surface area contributed by atoms with E-state index < -0.39 is 0 Å². The van der Waals surface area contributed by atoms with Gasteiger partial charge in [-0.25, -0.2) is 0 Å². The van der Waals surface area contributed by atoms with Gasteiger partial charge in [0.25, 0.3) is 0 Å². The van der Waals surface area contributed by atoms with Crippen LogP contribution >= 0.6 is 0 Å². The summed E-state index contributed by atoms with van der Waals surface area (Å²) in [5, 5.41) is 0. The van der Waals surface area contributed by atoms with E-state index in [0.29, 0.717) is 19.6 Å². The Bertz CT molecular complexity index is 480. The summed E-state index contributed by atoms with van der Waals surface area (Å²) in [7, 11) is 0. The molecule has 0 saturated carbocycles. The predicted octanol–water partition coefficient (Wildman–Crippen LogP) is 4.56. The molecule has 0 atom stereocenters. The van der Waals surface area contributed by atoms with Gasteiger partial charge in [-0.3, -0.25) is 4.79 Å². The number of Topliss-reactive ketones (excluding diaryl/α,β-unsaturated/α-hetero) is 1. The summed E-state index contributed by atoms with van der Waals surface area (Å²) in [6, 6.07) is 3.81. The van der Waals surface area contributed by atoms with Crippen LogP contribution in [0.15, 0.2) is 12.1 Å². The summed E-state index contributed by atoms with van der Waals surface area (Å²) in [5.74, 6) is 1.84. The van der Waals surface area contributed by atoms with Crippen LogP contribution in [0.4, 0.5) is 0 Å². The highest BCUT2D eigenvalue weighted by atomic mass is 16.5. The first-order chi connectivity index (χ1) is 10.3. The lowest BCUT2D eigenvalue weighted by atomic mass is 9.89. The average Bonchev–Trinajstić information content (AvgIpc) is 2.49. The summed E-state index contributed by atoms with van der Waals surface area (Å²) in [6.45, 7) is 5.68. The Labute approximate surface area is 127 Å². The third kappa shape index (κ3) is 3.99. The zero-order chi connectivity index (χ0) is 15.1. The van der Waals surface area contributed by atoms with Crippen molar-refractivity contribution in [3.63, 3.8) is 0 Å². The van der Waals surface area contributed by atoms with Crippen LogP contribution in [0.2, 0.25) is 0 Å². The molecule has 0 radical (unpaired) electrons. The number of carbonyl (C=O) groups is 1. The van der Waals surface area contributed by atoms with Gasteiger partial charge in [-0.05, 0) is 37.8 Å². The second-order valence-corrected chi connectivity index (χ2v) is 5.60. The van der Waals surface area contributed by atoms with Gasteiger partial charge in [0, 0.05) is 17.5 Å². The standard InChI is InChI=1S/C18H26O3/c1-3-5-12-20-17-11-10-14-15(8-7-9-16(14)19)18(17)21-13-6-4-2/h10-11H,3-9,12-13H2,1-2H3. The molecule has 0 fully saturated rings. The molecule has 0 aliphatic heterocycles. The molecule has 21 heavy (non-hydrogen) atoms. The number of benzene rings is 1. The summed E-state index contributed by atoms with van der Waals surface area (Å²) >= 11 is 0. The predicted molar refractivity (Wildman–Crippen MR) is 84.5 cm³/mol. The van der Waals surface area contributed by atoms with Crippen LogP contribution in [0.5, 0.6) is 11.5 Å². The number of fused-ring (bicyclic) bond motifs is 1. The van der Waals surface area contributed by atoms with Crippen LogP contribution in [-0.4, -0.2) is 19.0 Å². The number of ether oxygens (including phenoxy) is 2. The Morgan fingerprint density at radius 1 is 1.00 bits per heavy atom. The summed E-state index contributed by atoms with van der Waals surface area (Å²) in [6.07, 6.45) is 6.73. The molecular formula is C18H26O3. The summed E-state index contributed by atoms with van der Waals surface area (Å²) in [4.78, 5) is 12.0. The minimum atomic E-state index is 0.233. The topological polar surface area (TPSA) is 35.5 Å². The second kappa shape index (κ2) is 8.06. The Morgan fingerprint density at radius 3 is 2.43 bits per heavy atom. The molecule has 1 aromatic rings. The lowest BCUT2D eigenvalue weighted by molar-refractivity contribution is 0.0971. The quantitative estimate of drug-likeness (QED) is 0.658. The van der Waals surface area contributed by atoms with E-state index in [-0.39, 0.29) is 5.78 Å². The molecule has 0 saturated heterocycles. The van der Waals surface area contributed by atoms with Crippen LogP contribution < -0.4 is 9.47 Å².